The lowest BCUT2D eigenvalue weighted by Gasteiger charge is -1.99. The minimum absolute atomic E-state index is 0.664. The monoisotopic (exact) mass is 218 g/mol. The van der Waals surface area contributed by atoms with E-state index in [2.05, 4.69) is 24.0 Å². The summed E-state index contributed by atoms with van der Waals surface area (Å²) in [6.45, 7) is 2.17. The molecule has 0 aliphatic heterocycles. The van der Waals surface area contributed by atoms with Gasteiger partial charge in [0.15, 0.2) is 5.13 Å². The van der Waals surface area contributed by atoms with Crippen LogP contribution in [0.15, 0.2) is 30.3 Å². The van der Waals surface area contributed by atoms with Crippen LogP contribution in [0.2, 0.25) is 0 Å². The molecule has 3 heteroatoms. The molecule has 0 radical (unpaired) electrons. The van der Waals surface area contributed by atoms with Crippen LogP contribution in [0.5, 0.6) is 0 Å². The highest BCUT2D eigenvalue weighted by atomic mass is 32.1. The number of anilines is 1. The smallest absolute Gasteiger partial charge is 0.180 e. The Kier molecular flexibility index (Phi) is 3.02. The zero-order valence-electron chi connectivity index (χ0n) is 8.73. The van der Waals surface area contributed by atoms with Gasteiger partial charge in [-0.2, -0.15) is 0 Å². The van der Waals surface area contributed by atoms with Gasteiger partial charge in [-0.25, -0.2) is 4.98 Å². The van der Waals surface area contributed by atoms with Crippen molar-refractivity contribution < 1.29 is 0 Å². The Morgan fingerprint density at radius 1 is 1.27 bits per heavy atom. The molecular weight excluding hydrogens is 204 g/mol. The van der Waals surface area contributed by atoms with E-state index in [4.69, 9.17) is 5.73 Å². The Labute approximate surface area is 93.8 Å². The third kappa shape index (κ3) is 2.18. The van der Waals surface area contributed by atoms with Gasteiger partial charge in [0.2, 0.25) is 0 Å². The van der Waals surface area contributed by atoms with E-state index in [0.717, 1.165) is 24.1 Å². The van der Waals surface area contributed by atoms with Crippen molar-refractivity contribution >= 4 is 16.5 Å². The number of hydrogen-bond donors (Lipinski definition) is 1. The quantitative estimate of drug-likeness (QED) is 0.858. The predicted octanol–water partition coefficient (Wildman–Crippen LogP) is 3.34. The number of aromatic nitrogens is 1. The predicted molar refractivity (Wildman–Crippen MR) is 66.0 cm³/mol. The lowest BCUT2D eigenvalue weighted by atomic mass is 10.1. The number of thiazole rings is 1. The Morgan fingerprint density at radius 2 is 2.00 bits per heavy atom. The molecule has 0 saturated carbocycles. The van der Waals surface area contributed by atoms with E-state index in [9.17, 15) is 0 Å². The summed E-state index contributed by atoms with van der Waals surface area (Å²) in [5.41, 5.74) is 7.97. The summed E-state index contributed by atoms with van der Waals surface area (Å²) in [4.78, 5) is 5.69. The molecule has 0 bridgehead atoms. The topological polar surface area (TPSA) is 38.9 Å². The zero-order valence-corrected chi connectivity index (χ0v) is 9.55. The van der Waals surface area contributed by atoms with Gasteiger partial charge in [0.25, 0.3) is 0 Å². The minimum Gasteiger partial charge on any atom is -0.375 e. The number of nitrogens with two attached hydrogens (primary N) is 1. The van der Waals surface area contributed by atoms with Gasteiger partial charge in [0.1, 0.15) is 0 Å². The van der Waals surface area contributed by atoms with Gasteiger partial charge in [-0.15, -0.1) is 11.3 Å². The first-order valence-electron chi connectivity index (χ1n) is 5.12. The Bertz CT molecular complexity index is 434. The summed E-state index contributed by atoms with van der Waals surface area (Å²) < 4.78 is 0. The van der Waals surface area contributed by atoms with Gasteiger partial charge in [0.05, 0.1) is 5.69 Å². The van der Waals surface area contributed by atoms with Crippen LogP contribution in [0.4, 0.5) is 5.13 Å². The van der Waals surface area contributed by atoms with E-state index < -0.39 is 0 Å². The van der Waals surface area contributed by atoms with E-state index in [-0.39, 0.29) is 0 Å². The number of nitrogen functional groups attached to an aromatic ring is 1. The molecule has 1 aromatic carbocycles. The van der Waals surface area contributed by atoms with Gasteiger partial charge in [0, 0.05) is 10.4 Å². The van der Waals surface area contributed by atoms with Crippen molar-refractivity contribution in [1.82, 2.24) is 4.98 Å². The standard InChI is InChI=1S/C12H14N2S/c1-2-6-10-11(14-12(13)15-10)9-7-4-3-5-8-9/h3-5,7-8H,2,6H2,1H3,(H2,13,14). The second kappa shape index (κ2) is 4.45. The lowest BCUT2D eigenvalue weighted by molar-refractivity contribution is 0.938. The summed E-state index contributed by atoms with van der Waals surface area (Å²) in [7, 11) is 0. The molecule has 2 aromatic rings. The van der Waals surface area contributed by atoms with Crippen molar-refractivity contribution in [2.45, 2.75) is 19.8 Å². The first-order chi connectivity index (χ1) is 7.31. The molecule has 1 heterocycles. The highest BCUT2D eigenvalue weighted by Crippen LogP contribution is 2.30. The van der Waals surface area contributed by atoms with Crippen LogP contribution >= 0.6 is 11.3 Å². The number of benzene rings is 1. The molecule has 0 amide bonds. The SMILES string of the molecule is CCCc1sc(N)nc1-c1ccccc1. The first kappa shape index (κ1) is 10.2. The number of nitrogens with zero attached hydrogens (tertiary/aromatic N) is 1. The van der Waals surface area contributed by atoms with Crippen molar-refractivity contribution in [2.24, 2.45) is 0 Å². The Hall–Kier alpha value is -1.35. The molecule has 2 rings (SSSR count). The molecule has 1 aromatic heterocycles. The van der Waals surface area contributed by atoms with Gasteiger partial charge in [-0.05, 0) is 6.42 Å². The second-order valence-corrected chi connectivity index (χ2v) is 4.56. The maximum atomic E-state index is 5.75. The largest absolute Gasteiger partial charge is 0.375 e. The average molecular weight is 218 g/mol. The Balaban J connectivity index is 2.43. The average Bonchev–Trinajstić information content (AvgIpc) is 2.62. The van der Waals surface area contributed by atoms with E-state index in [1.54, 1.807) is 11.3 Å². The first-order valence-corrected chi connectivity index (χ1v) is 5.93. The minimum atomic E-state index is 0.664. The molecule has 0 aliphatic rings. The summed E-state index contributed by atoms with van der Waals surface area (Å²) >= 11 is 1.60. The van der Waals surface area contributed by atoms with Gasteiger partial charge in [-0.3, -0.25) is 0 Å². The molecule has 0 unspecified atom stereocenters. The van der Waals surface area contributed by atoms with Crippen molar-refractivity contribution in [1.29, 1.82) is 0 Å². The van der Waals surface area contributed by atoms with Crippen LogP contribution in [0, 0.1) is 0 Å². The third-order valence-corrected chi connectivity index (χ3v) is 3.18. The lowest BCUT2D eigenvalue weighted by Crippen LogP contribution is -1.85. The van der Waals surface area contributed by atoms with Crippen LogP contribution in [-0.2, 0) is 6.42 Å². The molecule has 0 spiro atoms. The van der Waals surface area contributed by atoms with Gasteiger partial charge >= 0.3 is 0 Å². The van der Waals surface area contributed by atoms with E-state index in [0.29, 0.717) is 5.13 Å². The molecule has 0 saturated heterocycles. The Morgan fingerprint density at radius 3 is 2.67 bits per heavy atom. The van der Waals surface area contributed by atoms with E-state index in [1.807, 2.05) is 18.2 Å². The van der Waals surface area contributed by atoms with E-state index >= 15 is 0 Å². The van der Waals surface area contributed by atoms with Crippen molar-refractivity contribution in [3.63, 3.8) is 0 Å². The molecule has 0 atom stereocenters. The fourth-order valence-electron chi connectivity index (χ4n) is 1.59. The summed E-state index contributed by atoms with van der Waals surface area (Å²) in [5, 5.41) is 0.664. The number of rotatable bonds is 3. The van der Waals surface area contributed by atoms with Crippen LogP contribution < -0.4 is 5.73 Å². The fraction of sp³-hybridized carbons (Fsp3) is 0.250. The molecule has 0 fully saturated rings. The fourth-order valence-corrected chi connectivity index (χ4v) is 2.54. The van der Waals surface area contributed by atoms with Gasteiger partial charge < -0.3 is 5.73 Å². The normalized spacial score (nSPS) is 10.5. The maximum absolute atomic E-state index is 5.75. The molecule has 15 heavy (non-hydrogen) atoms. The van der Waals surface area contributed by atoms with Crippen molar-refractivity contribution in [3.8, 4) is 11.3 Å². The summed E-state index contributed by atoms with van der Waals surface area (Å²) in [5.74, 6) is 0. The maximum Gasteiger partial charge on any atom is 0.180 e. The summed E-state index contributed by atoms with van der Waals surface area (Å²) in [6, 6.07) is 10.2. The molecule has 2 nitrogen and oxygen atoms in total. The number of hydrogen-bond acceptors (Lipinski definition) is 3. The van der Waals surface area contributed by atoms with Crippen LogP contribution in [0.3, 0.4) is 0 Å². The zero-order chi connectivity index (χ0) is 10.7. The molecular formula is C12H14N2S. The van der Waals surface area contributed by atoms with Crippen LogP contribution in [0.25, 0.3) is 11.3 Å². The van der Waals surface area contributed by atoms with Crippen molar-refractivity contribution in [2.75, 3.05) is 5.73 Å². The van der Waals surface area contributed by atoms with E-state index in [1.165, 1.54) is 4.88 Å². The van der Waals surface area contributed by atoms with Crippen LogP contribution in [-0.4, -0.2) is 4.98 Å². The molecule has 78 valence electrons. The number of aryl methyl sites for hydroxylation is 1. The highest BCUT2D eigenvalue weighted by Gasteiger charge is 2.09. The van der Waals surface area contributed by atoms with Gasteiger partial charge in [-0.1, -0.05) is 43.7 Å². The third-order valence-electron chi connectivity index (χ3n) is 2.24. The van der Waals surface area contributed by atoms with Crippen molar-refractivity contribution in [3.05, 3.63) is 35.2 Å². The second-order valence-electron chi connectivity index (χ2n) is 3.44. The highest BCUT2D eigenvalue weighted by molar-refractivity contribution is 7.15. The molecule has 2 N–H and O–H groups in total. The van der Waals surface area contributed by atoms with Crippen LogP contribution in [0.1, 0.15) is 18.2 Å². The summed E-state index contributed by atoms with van der Waals surface area (Å²) in [6.07, 6.45) is 2.18. The molecule has 0 aliphatic carbocycles.